The van der Waals surface area contributed by atoms with Crippen molar-refractivity contribution in [2.24, 2.45) is 0 Å². The first-order valence-electron chi connectivity index (χ1n) is 6.52. The number of nitrogens with zero attached hydrogens (tertiary/aromatic N) is 1. The Morgan fingerprint density at radius 3 is 2.90 bits per heavy atom. The van der Waals surface area contributed by atoms with Gasteiger partial charge in [-0.3, -0.25) is 4.79 Å². The van der Waals surface area contributed by atoms with Crippen LogP contribution in [0.1, 0.15) is 11.1 Å². The molecule has 4 nitrogen and oxygen atoms in total. The normalized spacial score (nSPS) is 15.7. The van der Waals surface area contributed by atoms with Gasteiger partial charge in [0.15, 0.2) is 0 Å². The van der Waals surface area contributed by atoms with Crippen molar-refractivity contribution in [3.8, 4) is 6.07 Å². The van der Waals surface area contributed by atoms with Gasteiger partial charge >= 0.3 is 0 Å². The molecule has 2 aromatic carbocycles. The van der Waals surface area contributed by atoms with Crippen LogP contribution in [0.4, 0.5) is 11.4 Å². The largest absolute Gasteiger partial charge is 0.373 e. The number of hydrogen-bond donors (Lipinski definition) is 2. The van der Waals surface area contributed by atoms with Crippen molar-refractivity contribution >= 4 is 33.2 Å². The molecule has 3 rings (SSSR count). The van der Waals surface area contributed by atoms with Crippen molar-refractivity contribution in [3.05, 3.63) is 58.1 Å². The van der Waals surface area contributed by atoms with Crippen molar-refractivity contribution in [1.29, 1.82) is 5.26 Å². The van der Waals surface area contributed by atoms with Crippen LogP contribution in [0.25, 0.3) is 0 Å². The molecule has 2 aromatic rings. The van der Waals surface area contributed by atoms with E-state index in [9.17, 15) is 4.79 Å². The van der Waals surface area contributed by atoms with Crippen molar-refractivity contribution in [2.75, 3.05) is 10.6 Å². The van der Waals surface area contributed by atoms with E-state index >= 15 is 0 Å². The molecule has 2 N–H and O–H groups in total. The van der Waals surface area contributed by atoms with Gasteiger partial charge in [0.2, 0.25) is 5.91 Å². The molecule has 0 spiro atoms. The van der Waals surface area contributed by atoms with Crippen molar-refractivity contribution in [2.45, 2.75) is 12.5 Å². The van der Waals surface area contributed by atoms with Gasteiger partial charge in [-0.1, -0.05) is 34.1 Å². The molecule has 0 fully saturated rings. The van der Waals surface area contributed by atoms with Crippen molar-refractivity contribution in [3.63, 3.8) is 0 Å². The molecule has 0 aliphatic carbocycles. The van der Waals surface area contributed by atoms with Crippen LogP contribution in [-0.2, 0) is 11.2 Å². The Morgan fingerprint density at radius 1 is 1.33 bits per heavy atom. The summed E-state index contributed by atoms with van der Waals surface area (Å²) in [5.74, 6) is -0.138. The summed E-state index contributed by atoms with van der Waals surface area (Å²) in [6.07, 6.45) is 0.651. The summed E-state index contributed by atoms with van der Waals surface area (Å²) in [6.45, 7) is 0. The zero-order valence-corrected chi connectivity index (χ0v) is 12.6. The Bertz CT molecular complexity index is 726. The third-order valence-corrected chi connectivity index (χ3v) is 3.94. The minimum Gasteiger partial charge on any atom is -0.373 e. The maximum atomic E-state index is 12.4. The van der Waals surface area contributed by atoms with Gasteiger partial charge < -0.3 is 10.6 Å². The molecule has 1 aliphatic heterocycles. The Kier molecular flexibility index (Phi) is 3.63. The molecule has 1 unspecified atom stereocenters. The summed E-state index contributed by atoms with van der Waals surface area (Å²) < 4.78 is 0.819. The molecule has 0 saturated heterocycles. The number of benzene rings is 2. The lowest BCUT2D eigenvalue weighted by Crippen LogP contribution is -2.33. The van der Waals surface area contributed by atoms with Gasteiger partial charge in [0, 0.05) is 16.6 Å². The van der Waals surface area contributed by atoms with E-state index in [2.05, 4.69) is 32.6 Å². The summed E-state index contributed by atoms with van der Waals surface area (Å²) in [5, 5.41) is 15.1. The van der Waals surface area contributed by atoms with E-state index in [1.54, 1.807) is 18.2 Å². The van der Waals surface area contributed by atoms with E-state index in [-0.39, 0.29) is 11.9 Å². The standard InChI is InChI=1S/C16H12BrN3O/c17-12-6-5-11(9-18)14(8-12)20-16(21)15-7-10-3-1-2-4-13(10)19-15/h1-6,8,15,19H,7H2,(H,20,21). The number of para-hydroxylation sites is 1. The number of halogens is 1. The molecule has 0 saturated carbocycles. The number of nitriles is 1. The SMILES string of the molecule is N#Cc1ccc(Br)cc1NC(=O)C1Cc2ccccc2N1. The molecule has 1 atom stereocenters. The fourth-order valence-electron chi connectivity index (χ4n) is 2.39. The number of hydrogen-bond acceptors (Lipinski definition) is 3. The van der Waals surface area contributed by atoms with Gasteiger partial charge in [-0.15, -0.1) is 0 Å². The Morgan fingerprint density at radius 2 is 2.14 bits per heavy atom. The van der Waals surface area contributed by atoms with Crippen LogP contribution in [-0.4, -0.2) is 11.9 Å². The predicted molar refractivity (Wildman–Crippen MR) is 85.0 cm³/mol. The number of fused-ring (bicyclic) bond motifs is 1. The number of amides is 1. The average molecular weight is 342 g/mol. The molecule has 1 aliphatic rings. The molecule has 0 radical (unpaired) electrons. The zero-order valence-electron chi connectivity index (χ0n) is 11.1. The van der Waals surface area contributed by atoms with E-state index in [1.807, 2.05) is 24.3 Å². The van der Waals surface area contributed by atoms with E-state index in [1.165, 1.54) is 0 Å². The van der Waals surface area contributed by atoms with Gasteiger partial charge in [-0.05, 0) is 29.8 Å². The summed E-state index contributed by atoms with van der Waals surface area (Å²) >= 11 is 3.35. The van der Waals surface area contributed by atoms with Gasteiger partial charge in [0.1, 0.15) is 12.1 Å². The lowest BCUT2D eigenvalue weighted by molar-refractivity contribution is -0.116. The lowest BCUT2D eigenvalue weighted by atomic mass is 10.1. The number of nitrogens with one attached hydrogen (secondary N) is 2. The van der Waals surface area contributed by atoms with Crippen LogP contribution >= 0.6 is 15.9 Å². The van der Waals surface area contributed by atoms with E-state index < -0.39 is 0 Å². The highest BCUT2D eigenvalue weighted by Crippen LogP contribution is 2.27. The molecule has 1 amide bonds. The highest BCUT2D eigenvalue weighted by Gasteiger charge is 2.26. The monoisotopic (exact) mass is 341 g/mol. The number of carbonyl (C=O) groups is 1. The van der Waals surface area contributed by atoms with Crippen molar-refractivity contribution in [1.82, 2.24) is 0 Å². The first-order chi connectivity index (χ1) is 10.2. The zero-order chi connectivity index (χ0) is 14.8. The maximum absolute atomic E-state index is 12.4. The molecule has 0 bridgehead atoms. The van der Waals surface area contributed by atoms with Gasteiger partial charge in [0.25, 0.3) is 0 Å². The number of rotatable bonds is 2. The molecule has 104 valence electrons. The van der Waals surface area contributed by atoms with Crippen LogP contribution in [0.15, 0.2) is 46.9 Å². The molecule has 21 heavy (non-hydrogen) atoms. The van der Waals surface area contributed by atoms with Gasteiger partial charge in [-0.2, -0.15) is 5.26 Å². The van der Waals surface area contributed by atoms with E-state index in [4.69, 9.17) is 5.26 Å². The highest BCUT2D eigenvalue weighted by atomic mass is 79.9. The summed E-state index contributed by atoms with van der Waals surface area (Å²) in [6, 6.07) is 14.8. The topological polar surface area (TPSA) is 64.9 Å². The summed E-state index contributed by atoms with van der Waals surface area (Å²) in [7, 11) is 0. The lowest BCUT2D eigenvalue weighted by Gasteiger charge is -2.13. The predicted octanol–water partition coefficient (Wildman–Crippen LogP) is 3.30. The number of carbonyl (C=O) groups excluding carboxylic acids is 1. The fraction of sp³-hybridized carbons (Fsp3) is 0.125. The Hall–Kier alpha value is -2.32. The number of anilines is 2. The van der Waals surface area contributed by atoms with Crippen LogP contribution in [0, 0.1) is 11.3 Å². The molecule has 0 aromatic heterocycles. The first kappa shape index (κ1) is 13.7. The quantitative estimate of drug-likeness (QED) is 0.880. The van der Waals surface area contributed by atoms with Crippen LogP contribution in [0.2, 0.25) is 0 Å². The Balaban J connectivity index is 1.77. The Labute approximate surface area is 130 Å². The van der Waals surface area contributed by atoms with Crippen LogP contribution in [0.3, 0.4) is 0 Å². The third kappa shape index (κ3) is 2.76. The molecule has 1 heterocycles. The second-order valence-corrected chi connectivity index (χ2v) is 5.76. The molecule has 5 heteroatoms. The first-order valence-corrected chi connectivity index (χ1v) is 7.31. The van der Waals surface area contributed by atoms with Crippen LogP contribution in [0.5, 0.6) is 0 Å². The summed E-state index contributed by atoms with van der Waals surface area (Å²) in [5.41, 5.74) is 3.09. The highest BCUT2D eigenvalue weighted by molar-refractivity contribution is 9.10. The minimum atomic E-state index is -0.312. The van der Waals surface area contributed by atoms with E-state index in [0.29, 0.717) is 17.7 Å². The minimum absolute atomic E-state index is 0.138. The molecular formula is C16H12BrN3O. The smallest absolute Gasteiger partial charge is 0.247 e. The van der Waals surface area contributed by atoms with Gasteiger partial charge in [0.05, 0.1) is 11.3 Å². The molecular weight excluding hydrogens is 330 g/mol. The average Bonchev–Trinajstić information content (AvgIpc) is 2.91. The fourth-order valence-corrected chi connectivity index (χ4v) is 2.75. The van der Waals surface area contributed by atoms with Gasteiger partial charge in [-0.25, -0.2) is 0 Å². The third-order valence-electron chi connectivity index (χ3n) is 3.45. The van der Waals surface area contributed by atoms with Crippen LogP contribution < -0.4 is 10.6 Å². The maximum Gasteiger partial charge on any atom is 0.247 e. The second kappa shape index (κ2) is 5.58. The van der Waals surface area contributed by atoms with Crippen molar-refractivity contribution < 1.29 is 4.79 Å². The summed E-state index contributed by atoms with van der Waals surface area (Å²) in [4.78, 5) is 12.4. The van der Waals surface area contributed by atoms with E-state index in [0.717, 1.165) is 15.7 Å². The second-order valence-electron chi connectivity index (χ2n) is 4.85.